The lowest BCUT2D eigenvalue weighted by atomic mass is 10.1. The van der Waals surface area contributed by atoms with Crippen molar-refractivity contribution < 1.29 is 4.39 Å². The van der Waals surface area contributed by atoms with Gasteiger partial charge < -0.3 is 4.98 Å². The van der Waals surface area contributed by atoms with Crippen LogP contribution in [0.2, 0.25) is 0 Å². The van der Waals surface area contributed by atoms with Gasteiger partial charge in [-0.25, -0.2) is 4.39 Å². The molecule has 15 heavy (non-hydrogen) atoms. The average Bonchev–Trinajstić information content (AvgIpc) is 2.61. The summed E-state index contributed by atoms with van der Waals surface area (Å²) in [5.41, 5.74) is 3.30. The van der Waals surface area contributed by atoms with E-state index in [1.165, 1.54) is 17.7 Å². The second-order valence-electron chi connectivity index (χ2n) is 3.38. The standard InChI is InChI=1S/C12H11BrFN/c1-2-8-7-11(13)15-12(8)9-3-5-10(14)6-4-9/h3-7,15H,2H2,1H3. The van der Waals surface area contributed by atoms with E-state index < -0.39 is 0 Å². The molecule has 0 saturated carbocycles. The molecule has 1 aromatic heterocycles. The fourth-order valence-corrected chi connectivity index (χ4v) is 2.09. The van der Waals surface area contributed by atoms with Crippen molar-refractivity contribution in [2.75, 3.05) is 0 Å². The van der Waals surface area contributed by atoms with Crippen LogP contribution in [0.4, 0.5) is 4.39 Å². The molecule has 0 aliphatic rings. The molecule has 1 N–H and O–H groups in total. The Morgan fingerprint density at radius 2 is 1.93 bits per heavy atom. The third-order valence-electron chi connectivity index (χ3n) is 2.38. The van der Waals surface area contributed by atoms with Crippen molar-refractivity contribution in [1.82, 2.24) is 4.98 Å². The van der Waals surface area contributed by atoms with Crippen molar-refractivity contribution >= 4 is 15.9 Å². The minimum Gasteiger partial charge on any atom is -0.349 e. The summed E-state index contributed by atoms with van der Waals surface area (Å²) in [5.74, 6) is -0.206. The van der Waals surface area contributed by atoms with Gasteiger partial charge in [-0.2, -0.15) is 0 Å². The average molecular weight is 268 g/mol. The van der Waals surface area contributed by atoms with E-state index >= 15 is 0 Å². The third kappa shape index (κ3) is 2.12. The van der Waals surface area contributed by atoms with Gasteiger partial charge in [0.2, 0.25) is 0 Å². The zero-order valence-electron chi connectivity index (χ0n) is 8.35. The zero-order chi connectivity index (χ0) is 10.8. The van der Waals surface area contributed by atoms with Crippen molar-refractivity contribution in [3.63, 3.8) is 0 Å². The Kier molecular flexibility index (Phi) is 2.91. The maximum Gasteiger partial charge on any atom is 0.123 e. The van der Waals surface area contributed by atoms with Gasteiger partial charge in [0.05, 0.1) is 4.60 Å². The molecule has 0 bridgehead atoms. The van der Waals surface area contributed by atoms with Crippen molar-refractivity contribution in [2.24, 2.45) is 0 Å². The maximum absolute atomic E-state index is 12.8. The topological polar surface area (TPSA) is 15.8 Å². The van der Waals surface area contributed by atoms with Gasteiger partial charge in [-0.3, -0.25) is 0 Å². The third-order valence-corrected chi connectivity index (χ3v) is 2.81. The van der Waals surface area contributed by atoms with E-state index in [1.54, 1.807) is 12.1 Å². The fourth-order valence-electron chi connectivity index (χ4n) is 1.61. The van der Waals surface area contributed by atoms with E-state index in [2.05, 4.69) is 33.9 Å². The second-order valence-corrected chi connectivity index (χ2v) is 4.23. The van der Waals surface area contributed by atoms with E-state index in [1.807, 2.05) is 0 Å². The summed E-state index contributed by atoms with van der Waals surface area (Å²) < 4.78 is 13.7. The predicted molar refractivity (Wildman–Crippen MR) is 63.3 cm³/mol. The van der Waals surface area contributed by atoms with E-state index in [0.29, 0.717) is 0 Å². The zero-order valence-corrected chi connectivity index (χ0v) is 9.94. The summed E-state index contributed by atoms with van der Waals surface area (Å²) in [6, 6.07) is 8.57. The monoisotopic (exact) mass is 267 g/mol. The lowest BCUT2D eigenvalue weighted by Crippen LogP contribution is -1.84. The van der Waals surface area contributed by atoms with Crippen LogP contribution in [0.3, 0.4) is 0 Å². The molecule has 0 aliphatic heterocycles. The number of hydrogen-bond acceptors (Lipinski definition) is 0. The maximum atomic E-state index is 12.8. The van der Waals surface area contributed by atoms with E-state index in [9.17, 15) is 4.39 Å². The van der Waals surface area contributed by atoms with E-state index in [-0.39, 0.29) is 5.82 Å². The molecule has 0 aliphatic carbocycles. The van der Waals surface area contributed by atoms with Gasteiger partial charge in [0.25, 0.3) is 0 Å². The molecule has 1 aromatic carbocycles. The number of aromatic amines is 1. The number of rotatable bonds is 2. The Hall–Kier alpha value is -1.09. The van der Waals surface area contributed by atoms with Gasteiger partial charge in [-0.1, -0.05) is 6.92 Å². The molecule has 1 heterocycles. The van der Waals surface area contributed by atoms with Gasteiger partial charge in [0, 0.05) is 5.69 Å². The molecule has 1 nitrogen and oxygen atoms in total. The first-order valence-corrected chi connectivity index (χ1v) is 5.63. The number of nitrogens with one attached hydrogen (secondary N) is 1. The normalized spacial score (nSPS) is 10.6. The molecule has 0 radical (unpaired) electrons. The predicted octanol–water partition coefficient (Wildman–Crippen LogP) is 4.15. The van der Waals surface area contributed by atoms with Crippen LogP contribution in [0.5, 0.6) is 0 Å². The first-order valence-electron chi connectivity index (χ1n) is 4.84. The SMILES string of the molecule is CCc1cc(Br)[nH]c1-c1ccc(F)cc1. The van der Waals surface area contributed by atoms with E-state index in [0.717, 1.165) is 22.3 Å². The van der Waals surface area contributed by atoms with Crippen LogP contribution in [0.25, 0.3) is 11.3 Å². The molecule has 0 fully saturated rings. The summed E-state index contributed by atoms with van der Waals surface area (Å²) in [5, 5.41) is 0. The van der Waals surface area contributed by atoms with Crippen LogP contribution in [-0.2, 0) is 6.42 Å². The molecule has 78 valence electrons. The molecular weight excluding hydrogens is 257 g/mol. The van der Waals surface area contributed by atoms with Crippen LogP contribution < -0.4 is 0 Å². The van der Waals surface area contributed by atoms with Gasteiger partial charge in [-0.05, 0) is 63.8 Å². The lowest BCUT2D eigenvalue weighted by Gasteiger charge is -2.01. The fraction of sp³-hybridized carbons (Fsp3) is 0.167. The van der Waals surface area contributed by atoms with Crippen molar-refractivity contribution in [2.45, 2.75) is 13.3 Å². The Labute approximate surface area is 96.5 Å². The number of aromatic nitrogens is 1. The highest BCUT2D eigenvalue weighted by atomic mass is 79.9. The summed E-state index contributed by atoms with van der Waals surface area (Å²) >= 11 is 3.41. The summed E-state index contributed by atoms with van der Waals surface area (Å²) in [4.78, 5) is 3.23. The number of aryl methyl sites for hydroxylation is 1. The molecule has 3 heteroatoms. The molecule has 0 spiro atoms. The molecule has 2 rings (SSSR count). The summed E-state index contributed by atoms with van der Waals surface area (Å²) in [6.45, 7) is 2.10. The molecule has 0 unspecified atom stereocenters. The summed E-state index contributed by atoms with van der Waals surface area (Å²) in [6.07, 6.45) is 0.953. The van der Waals surface area contributed by atoms with Crippen LogP contribution in [0.15, 0.2) is 34.9 Å². The Morgan fingerprint density at radius 3 is 2.53 bits per heavy atom. The lowest BCUT2D eigenvalue weighted by molar-refractivity contribution is 0.628. The highest BCUT2D eigenvalue weighted by Gasteiger charge is 2.07. The highest BCUT2D eigenvalue weighted by Crippen LogP contribution is 2.26. The van der Waals surface area contributed by atoms with Crippen LogP contribution in [0, 0.1) is 5.82 Å². The molecule has 0 atom stereocenters. The second kappa shape index (κ2) is 4.19. The first kappa shape index (κ1) is 10.4. The van der Waals surface area contributed by atoms with Crippen LogP contribution >= 0.6 is 15.9 Å². The molecule has 0 amide bonds. The van der Waals surface area contributed by atoms with Gasteiger partial charge in [0.15, 0.2) is 0 Å². The van der Waals surface area contributed by atoms with Crippen molar-refractivity contribution in [1.29, 1.82) is 0 Å². The number of hydrogen-bond donors (Lipinski definition) is 1. The Bertz CT molecular complexity index is 459. The largest absolute Gasteiger partial charge is 0.349 e. The highest BCUT2D eigenvalue weighted by molar-refractivity contribution is 9.10. The minimum atomic E-state index is -0.206. The van der Waals surface area contributed by atoms with Crippen LogP contribution in [-0.4, -0.2) is 4.98 Å². The number of benzene rings is 1. The van der Waals surface area contributed by atoms with Gasteiger partial charge in [-0.15, -0.1) is 0 Å². The Balaban J connectivity index is 2.48. The number of halogens is 2. The van der Waals surface area contributed by atoms with Gasteiger partial charge in [0.1, 0.15) is 5.82 Å². The summed E-state index contributed by atoms with van der Waals surface area (Å²) in [7, 11) is 0. The molecule has 2 aromatic rings. The van der Waals surface area contributed by atoms with Crippen LogP contribution in [0.1, 0.15) is 12.5 Å². The van der Waals surface area contributed by atoms with Gasteiger partial charge >= 0.3 is 0 Å². The first-order chi connectivity index (χ1) is 7.20. The quantitative estimate of drug-likeness (QED) is 0.842. The Morgan fingerprint density at radius 1 is 1.27 bits per heavy atom. The molecule has 0 saturated heterocycles. The number of H-pyrrole nitrogens is 1. The van der Waals surface area contributed by atoms with E-state index in [4.69, 9.17) is 0 Å². The molecular formula is C12H11BrFN. The minimum absolute atomic E-state index is 0.206. The van der Waals surface area contributed by atoms with Crippen molar-refractivity contribution in [3.8, 4) is 11.3 Å². The van der Waals surface area contributed by atoms with Crippen molar-refractivity contribution in [3.05, 3.63) is 46.3 Å². The smallest absolute Gasteiger partial charge is 0.123 e.